The normalized spacial score (nSPS) is 10.2. The molecule has 3 aromatic carbocycles. The van der Waals surface area contributed by atoms with Crippen molar-refractivity contribution in [2.24, 2.45) is 0 Å². The molecule has 0 atom stereocenters. The van der Waals surface area contributed by atoms with Crippen LogP contribution in [0, 0.1) is 0 Å². The van der Waals surface area contributed by atoms with E-state index in [4.69, 9.17) is 14.2 Å². The summed E-state index contributed by atoms with van der Waals surface area (Å²) in [4.78, 5) is 10.6. The summed E-state index contributed by atoms with van der Waals surface area (Å²) in [7, 11) is 0. The summed E-state index contributed by atoms with van der Waals surface area (Å²) in [6.45, 7) is 1.67. The van der Waals surface area contributed by atoms with Gasteiger partial charge in [0.15, 0.2) is 0 Å². The second-order valence-corrected chi connectivity index (χ2v) is 5.98. The van der Waals surface area contributed by atoms with E-state index in [9.17, 15) is 4.79 Å². The van der Waals surface area contributed by atoms with E-state index < -0.39 is 0 Å². The highest BCUT2D eigenvalue weighted by atomic mass is 16.5. The Morgan fingerprint density at radius 1 is 0.630 bits per heavy atom. The van der Waals surface area contributed by atoms with Crippen molar-refractivity contribution < 1.29 is 19.0 Å². The van der Waals surface area contributed by atoms with Crippen LogP contribution in [-0.2, 0) is 6.61 Å². The Labute approximate surface area is 159 Å². The molecule has 0 fully saturated rings. The minimum Gasteiger partial charge on any atom is -0.493 e. The van der Waals surface area contributed by atoms with Gasteiger partial charge in [0.2, 0.25) is 0 Å². The number of carbonyl (C=O) groups excluding carboxylic acids is 1. The molecule has 0 aromatic heterocycles. The summed E-state index contributed by atoms with van der Waals surface area (Å²) in [5.41, 5.74) is 1.78. The lowest BCUT2D eigenvalue weighted by Crippen LogP contribution is -2.05. The summed E-state index contributed by atoms with van der Waals surface area (Å²) in [5.74, 6) is 2.37. The Kier molecular flexibility index (Phi) is 6.87. The Morgan fingerprint density at radius 2 is 1.15 bits per heavy atom. The van der Waals surface area contributed by atoms with Gasteiger partial charge in [-0.3, -0.25) is 4.79 Å². The van der Waals surface area contributed by atoms with E-state index in [1.807, 2.05) is 54.6 Å². The molecule has 0 spiro atoms. The molecule has 0 amide bonds. The summed E-state index contributed by atoms with van der Waals surface area (Å²) < 4.78 is 17.1. The maximum Gasteiger partial charge on any atom is 0.150 e. The lowest BCUT2D eigenvalue weighted by atomic mass is 10.2. The van der Waals surface area contributed by atoms with Crippen LogP contribution in [0.1, 0.15) is 22.3 Å². The zero-order valence-corrected chi connectivity index (χ0v) is 15.0. The number of hydrogen-bond donors (Lipinski definition) is 0. The molecule has 138 valence electrons. The zero-order chi connectivity index (χ0) is 18.7. The van der Waals surface area contributed by atoms with Crippen molar-refractivity contribution in [2.75, 3.05) is 13.2 Å². The Morgan fingerprint density at radius 3 is 1.70 bits per heavy atom. The third-order valence-corrected chi connectivity index (χ3v) is 3.91. The molecule has 0 unspecified atom stereocenters. The van der Waals surface area contributed by atoms with Crippen molar-refractivity contribution >= 4 is 6.29 Å². The molecule has 3 aromatic rings. The monoisotopic (exact) mass is 362 g/mol. The largest absolute Gasteiger partial charge is 0.493 e. The molecule has 0 N–H and O–H groups in total. The minimum absolute atomic E-state index is 0.548. The van der Waals surface area contributed by atoms with Gasteiger partial charge in [0.05, 0.1) is 13.2 Å². The van der Waals surface area contributed by atoms with Crippen molar-refractivity contribution in [1.29, 1.82) is 0 Å². The number of ether oxygens (including phenoxy) is 3. The van der Waals surface area contributed by atoms with Crippen molar-refractivity contribution in [3.63, 3.8) is 0 Å². The van der Waals surface area contributed by atoms with Gasteiger partial charge >= 0.3 is 0 Å². The van der Waals surface area contributed by atoms with Crippen LogP contribution in [0.2, 0.25) is 0 Å². The van der Waals surface area contributed by atoms with Crippen LogP contribution >= 0.6 is 0 Å². The maximum absolute atomic E-state index is 10.6. The quantitative estimate of drug-likeness (QED) is 0.379. The highest BCUT2D eigenvalue weighted by Crippen LogP contribution is 2.19. The van der Waals surface area contributed by atoms with Crippen LogP contribution in [0.4, 0.5) is 0 Å². The number of rotatable bonds is 10. The Hall–Kier alpha value is -3.27. The van der Waals surface area contributed by atoms with Crippen LogP contribution in [0.25, 0.3) is 0 Å². The first-order valence-electron chi connectivity index (χ1n) is 8.91. The molecule has 3 rings (SSSR count). The van der Waals surface area contributed by atoms with Gasteiger partial charge in [-0.1, -0.05) is 30.3 Å². The summed E-state index contributed by atoms with van der Waals surface area (Å²) in [6, 6.07) is 24.7. The number of hydrogen-bond acceptors (Lipinski definition) is 4. The van der Waals surface area contributed by atoms with Gasteiger partial charge in [0, 0.05) is 12.0 Å². The maximum atomic E-state index is 10.6. The van der Waals surface area contributed by atoms with E-state index in [2.05, 4.69) is 0 Å². The van der Waals surface area contributed by atoms with E-state index in [-0.39, 0.29) is 0 Å². The average molecular weight is 362 g/mol. The summed E-state index contributed by atoms with van der Waals surface area (Å²) in [6.07, 6.45) is 1.58. The van der Waals surface area contributed by atoms with Crippen LogP contribution < -0.4 is 14.2 Å². The Balaban J connectivity index is 1.34. The van der Waals surface area contributed by atoms with Crippen LogP contribution in [0.15, 0.2) is 78.9 Å². The van der Waals surface area contributed by atoms with Gasteiger partial charge in [-0.25, -0.2) is 0 Å². The first-order chi connectivity index (χ1) is 13.3. The molecule has 4 nitrogen and oxygen atoms in total. The Bertz CT molecular complexity index is 811. The average Bonchev–Trinajstić information content (AvgIpc) is 2.74. The molecule has 4 heteroatoms. The van der Waals surface area contributed by atoms with E-state index in [0.717, 1.165) is 35.5 Å². The van der Waals surface area contributed by atoms with E-state index in [1.54, 1.807) is 24.3 Å². The predicted octanol–water partition coefficient (Wildman–Crippen LogP) is 4.93. The fourth-order valence-corrected chi connectivity index (χ4v) is 2.45. The summed E-state index contributed by atoms with van der Waals surface area (Å²) in [5, 5.41) is 0. The third kappa shape index (κ3) is 6.19. The van der Waals surface area contributed by atoms with Gasteiger partial charge < -0.3 is 14.2 Å². The second-order valence-electron chi connectivity index (χ2n) is 5.98. The highest BCUT2D eigenvalue weighted by Gasteiger charge is 1.99. The molecule has 0 heterocycles. The molecule has 0 saturated carbocycles. The minimum atomic E-state index is 0.548. The van der Waals surface area contributed by atoms with Crippen molar-refractivity contribution in [1.82, 2.24) is 0 Å². The molecule has 0 bridgehead atoms. The van der Waals surface area contributed by atoms with Crippen molar-refractivity contribution in [3.05, 3.63) is 90.0 Å². The number of benzene rings is 3. The molecule has 0 radical (unpaired) electrons. The lowest BCUT2D eigenvalue weighted by molar-refractivity contribution is 0.112. The molecule has 0 saturated heterocycles. The number of carbonyl (C=O) groups is 1. The molecule has 0 aliphatic rings. The van der Waals surface area contributed by atoms with E-state index in [1.165, 1.54) is 0 Å². The molecule has 0 aliphatic carbocycles. The SMILES string of the molecule is O=Cc1ccc(OCCCOc2ccc(OCc3ccccc3)cc2)cc1. The zero-order valence-electron chi connectivity index (χ0n) is 15.0. The first kappa shape index (κ1) is 18.5. The standard InChI is InChI=1S/C23H22O4/c24-17-19-7-9-21(10-8-19)25-15-4-16-26-22-11-13-23(14-12-22)27-18-20-5-2-1-3-6-20/h1-3,5-14,17H,4,15-16,18H2. The van der Waals surface area contributed by atoms with Gasteiger partial charge in [0.1, 0.15) is 30.1 Å². The smallest absolute Gasteiger partial charge is 0.150 e. The van der Waals surface area contributed by atoms with Crippen molar-refractivity contribution in [3.8, 4) is 17.2 Å². The third-order valence-electron chi connectivity index (χ3n) is 3.91. The molecule has 0 aliphatic heterocycles. The van der Waals surface area contributed by atoms with Crippen LogP contribution in [0.3, 0.4) is 0 Å². The van der Waals surface area contributed by atoms with Gasteiger partial charge in [-0.05, 0) is 54.1 Å². The fraction of sp³-hybridized carbons (Fsp3) is 0.174. The van der Waals surface area contributed by atoms with E-state index in [0.29, 0.717) is 25.4 Å². The van der Waals surface area contributed by atoms with Gasteiger partial charge in [-0.15, -0.1) is 0 Å². The van der Waals surface area contributed by atoms with Gasteiger partial charge in [-0.2, -0.15) is 0 Å². The molecule has 27 heavy (non-hydrogen) atoms. The number of aldehydes is 1. The predicted molar refractivity (Wildman–Crippen MR) is 105 cm³/mol. The second kappa shape index (κ2) is 10.0. The molecular formula is C23H22O4. The fourth-order valence-electron chi connectivity index (χ4n) is 2.45. The van der Waals surface area contributed by atoms with Crippen molar-refractivity contribution in [2.45, 2.75) is 13.0 Å². The van der Waals surface area contributed by atoms with Crippen LogP contribution in [-0.4, -0.2) is 19.5 Å². The first-order valence-corrected chi connectivity index (χ1v) is 8.91. The van der Waals surface area contributed by atoms with Gasteiger partial charge in [0.25, 0.3) is 0 Å². The van der Waals surface area contributed by atoms with E-state index >= 15 is 0 Å². The van der Waals surface area contributed by atoms with Crippen LogP contribution in [0.5, 0.6) is 17.2 Å². The molecular weight excluding hydrogens is 340 g/mol. The highest BCUT2D eigenvalue weighted by molar-refractivity contribution is 5.74. The summed E-state index contributed by atoms with van der Waals surface area (Å²) >= 11 is 0. The lowest BCUT2D eigenvalue weighted by Gasteiger charge is -2.10. The topological polar surface area (TPSA) is 44.8 Å².